The first-order chi connectivity index (χ1) is 16.9. The van der Waals surface area contributed by atoms with Crippen LogP contribution in [-0.2, 0) is 0 Å². The van der Waals surface area contributed by atoms with Crippen molar-refractivity contribution in [3.05, 3.63) is 104 Å². The summed E-state index contributed by atoms with van der Waals surface area (Å²) in [6, 6.07) is 21.6. The molecule has 0 spiro atoms. The second-order valence-electron chi connectivity index (χ2n) is 7.60. The van der Waals surface area contributed by atoms with Crippen molar-refractivity contribution in [1.82, 2.24) is 20.2 Å². The average Bonchev–Trinajstić information content (AvgIpc) is 3.45. The van der Waals surface area contributed by atoms with E-state index in [0.29, 0.717) is 32.7 Å². The van der Waals surface area contributed by atoms with E-state index in [1.807, 2.05) is 54.6 Å². The van der Waals surface area contributed by atoms with E-state index in [2.05, 4.69) is 20.6 Å². The Morgan fingerprint density at radius 3 is 2.51 bits per heavy atom. The van der Waals surface area contributed by atoms with Gasteiger partial charge in [0.1, 0.15) is 0 Å². The number of thiazole rings is 1. The number of para-hydroxylation sites is 1. The van der Waals surface area contributed by atoms with E-state index in [1.54, 1.807) is 13.0 Å². The molecule has 0 fully saturated rings. The summed E-state index contributed by atoms with van der Waals surface area (Å²) in [6.07, 6.45) is 0. The molecule has 10 heteroatoms. The van der Waals surface area contributed by atoms with Crippen LogP contribution in [0.25, 0.3) is 26.6 Å². The molecular weight excluding hydrogens is 505 g/mol. The molecule has 5 aromatic rings. The van der Waals surface area contributed by atoms with Crippen LogP contribution in [0.1, 0.15) is 22.8 Å². The molecule has 2 heterocycles. The van der Waals surface area contributed by atoms with E-state index in [1.165, 1.54) is 28.2 Å². The smallest absolute Gasteiger partial charge is 0.283 e. The van der Waals surface area contributed by atoms with Gasteiger partial charge in [-0.15, -0.1) is 0 Å². The number of carbonyl (C=O) groups is 1. The minimum absolute atomic E-state index is 0.260. The van der Waals surface area contributed by atoms with E-state index in [9.17, 15) is 9.59 Å². The monoisotopic (exact) mass is 521 g/mol. The van der Waals surface area contributed by atoms with Gasteiger partial charge < -0.3 is 0 Å². The molecule has 0 radical (unpaired) electrons. The van der Waals surface area contributed by atoms with Crippen molar-refractivity contribution in [3.8, 4) is 16.4 Å². The Bertz CT molecular complexity index is 1620. The molecule has 2 aromatic heterocycles. The number of hydrazone groups is 1. The van der Waals surface area contributed by atoms with Gasteiger partial charge in [-0.1, -0.05) is 77.0 Å². The molecular formula is C25H17Cl2N5O2S. The largest absolute Gasteiger partial charge is 0.288 e. The Hall–Kier alpha value is -3.72. The van der Waals surface area contributed by atoms with Crippen LogP contribution < -0.4 is 11.0 Å². The molecule has 0 aliphatic carbocycles. The third-order valence-corrected chi connectivity index (χ3v) is 7.06. The van der Waals surface area contributed by atoms with Gasteiger partial charge in [0.2, 0.25) is 5.13 Å². The van der Waals surface area contributed by atoms with Crippen LogP contribution in [0.2, 0.25) is 10.0 Å². The molecule has 0 saturated heterocycles. The summed E-state index contributed by atoms with van der Waals surface area (Å²) in [5.74, 6) is -0.480. The number of aromatic nitrogens is 3. The Labute approximate surface area is 213 Å². The van der Waals surface area contributed by atoms with Gasteiger partial charge in [0.25, 0.3) is 11.5 Å². The molecule has 35 heavy (non-hydrogen) atoms. The number of hydrogen-bond acceptors (Lipinski definition) is 5. The Kier molecular flexibility index (Phi) is 6.25. The first-order valence-electron chi connectivity index (χ1n) is 10.5. The first-order valence-corrected chi connectivity index (χ1v) is 12.1. The first kappa shape index (κ1) is 23.0. The summed E-state index contributed by atoms with van der Waals surface area (Å²) in [7, 11) is 0. The Morgan fingerprint density at radius 1 is 1.03 bits per heavy atom. The van der Waals surface area contributed by atoms with Crippen molar-refractivity contribution in [2.75, 3.05) is 0 Å². The third kappa shape index (κ3) is 4.51. The van der Waals surface area contributed by atoms with Gasteiger partial charge in [0, 0.05) is 11.1 Å². The Morgan fingerprint density at radius 2 is 1.77 bits per heavy atom. The van der Waals surface area contributed by atoms with Gasteiger partial charge in [0.05, 0.1) is 37.2 Å². The SMILES string of the molecule is C/C(=N/NC(=O)c1ccc(Cl)c(Cl)c1)c1c(-c2ccccc2)[nH]n(-c2nc3ccccc3s2)c1=O. The van der Waals surface area contributed by atoms with Crippen LogP contribution in [0.3, 0.4) is 0 Å². The number of amides is 1. The summed E-state index contributed by atoms with van der Waals surface area (Å²) in [5, 5.41) is 8.51. The van der Waals surface area contributed by atoms with Gasteiger partial charge >= 0.3 is 0 Å². The molecule has 3 aromatic carbocycles. The predicted octanol–water partition coefficient (Wildman–Crippen LogP) is 5.90. The molecule has 2 N–H and O–H groups in total. The zero-order chi connectivity index (χ0) is 24.5. The Balaban J connectivity index is 1.56. The fourth-order valence-electron chi connectivity index (χ4n) is 3.57. The van der Waals surface area contributed by atoms with Gasteiger partial charge in [-0.05, 0) is 37.3 Å². The zero-order valence-electron chi connectivity index (χ0n) is 18.3. The molecule has 0 saturated carbocycles. The number of nitrogens with zero attached hydrogens (tertiary/aromatic N) is 3. The number of H-pyrrole nitrogens is 1. The van der Waals surface area contributed by atoms with Crippen molar-refractivity contribution in [3.63, 3.8) is 0 Å². The van der Waals surface area contributed by atoms with E-state index in [-0.39, 0.29) is 10.6 Å². The minimum atomic E-state index is -0.480. The molecule has 7 nitrogen and oxygen atoms in total. The molecule has 0 aliphatic heterocycles. The lowest BCUT2D eigenvalue weighted by Gasteiger charge is -2.05. The minimum Gasteiger partial charge on any atom is -0.288 e. The summed E-state index contributed by atoms with van der Waals surface area (Å²) >= 11 is 13.3. The lowest BCUT2D eigenvalue weighted by molar-refractivity contribution is 0.0955. The van der Waals surface area contributed by atoms with E-state index >= 15 is 0 Å². The summed E-state index contributed by atoms with van der Waals surface area (Å²) in [5.41, 5.74) is 5.28. The fraction of sp³-hybridized carbons (Fsp3) is 0.0400. The number of aromatic amines is 1. The lowest BCUT2D eigenvalue weighted by atomic mass is 10.1. The maximum atomic E-state index is 13.6. The second kappa shape index (κ2) is 9.50. The topological polar surface area (TPSA) is 92.1 Å². The highest BCUT2D eigenvalue weighted by atomic mass is 35.5. The number of halogens is 2. The highest BCUT2D eigenvalue weighted by molar-refractivity contribution is 7.20. The number of carbonyl (C=O) groups excluding carboxylic acids is 1. The summed E-state index contributed by atoms with van der Waals surface area (Å²) < 4.78 is 2.37. The lowest BCUT2D eigenvalue weighted by Crippen LogP contribution is -2.23. The molecule has 0 aliphatic rings. The highest BCUT2D eigenvalue weighted by Crippen LogP contribution is 2.26. The van der Waals surface area contributed by atoms with Crippen LogP contribution in [0, 0.1) is 0 Å². The summed E-state index contributed by atoms with van der Waals surface area (Å²) in [4.78, 5) is 30.7. The number of fused-ring (bicyclic) bond motifs is 1. The van der Waals surface area contributed by atoms with Crippen molar-refractivity contribution in [2.45, 2.75) is 6.92 Å². The molecule has 0 bridgehead atoms. The van der Waals surface area contributed by atoms with Crippen molar-refractivity contribution in [2.24, 2.45) is 5.10 Å². The van der Waals surface area contributed by atoms with E-state index in [0.717, 1.165) is 15.8 Å². The van der Waals surface area contributed by atoms with Crippen LogP contribution >= 0.6 is 34.5 Å². The normalized spacial score (nSPS) is 11.7. The number of nitrogens with one attached hydrogen (secondary N) is 2. The second-order valence-corrected chi connectivity index (χ2v) is 9.42. The van der Waals surface area contributed by atoms with Crippen LogP contribution in [0.15, 0.2) is 82.7 Å². The van der Waals surface area contributed by atoms with Crippen LogP contribution in [0.4, 0.5) is 0 Å². The van der Waals surface area contributed by atoms with Gasteiger partial charge in [0.15, 0.2) is 0 Å². The molecule has 5 rings (SSSR count). The quantitative estimate of drug-likeness (QED) is 0.222. The van der Waals surface area contributed by atoms with Crippen LogP contribution in [-0.4, -0.2) is 26.4 Å². The van der Waals surface area contributed by atoms with E-state index < -0.39 is 5.91 Å². The number of benzene rings is 3. The van der Waals surface area contributed by atoms with Crippen LogP contribution in [0.5, 0.6) is 0 Å². The maximum absolute atomic E-state index is 13.6. The summed E-state index contributed by atoms with van der Waals surface area (Å²) in [6.45, 7) is 1.66. The van der Waals surface area contributed by atoms with Crippen molar-refractivity contribution >= 4 is 56.4 Å². The van der Waals surface area contributed by atoms with E-state index in [4.69, 9.17) is 23.2 Å². The predicted molar refractivity (Wildman–Crippen MR) is 141 cm³/mol. The number of rotatable bonds is 5. The third-order valence-electron chi connectivity index (χ3n) is 5.30. The molecule has 0 unspecified atom stereocenters. The number of hydrogen-bond donors (Lipinski definition) is 2. The van der Waals surface area contributed by atoms with Crippen molar-refractivity contribution < 1.29 is 4.79 Å². The van der Waals surface area contributed by atoms with Gasteiger partial charge in [-0.25, -0.2) is 10.4 Å². The van der Waals surface area contributed by atoms with Gasteiger partial charge in [-0.3, -0.25) is 14.7 Å². The molecule has 0 atom stereocenters. The van der Waals surface area contributed by atoms with Crippen molar-refractivity contribution in [1.29, 1.82) is 0 Å². The van der Waals surface area contributed by atoms with Gasteiger partial charge in [-0.2, -0.15) is 9.78 Å². The standard InChI is InChI=1S/C25H17Cl2N5O2S/c1-14(29-30-23(33)16-11-12-17(26)18(27)13-16)21-22(15-7-3-2-4-8-15)31-32(24(21)34)25-28-19-9-5-6-10-20(19)35-25/h2-13,31H,1H3,(H,30,33)/b29-14-. The molecule has 174 valence electrons. The fourth-order valence-corrected chi connectivity index (χ4v) is 4.79. The zero-order valence-corrected chi connectivity index (χ0v) is 20.6. The average molecular weight is 522 g/mol. The highest BCUT2D eigenvalue weighted by Gasteiger charge is 2.21. The molecule has 1 amide bonds. The maximum Gasteiger partial charge on any atom is 0.283 e.